The normalized spacial score (nSPS) is 14.1. The molecular formula is C28H33FN6O3S. The highest BCUT2D eigenvalue weighted by Crippen LogP contribution is 2.20. The molecule has 0 atom stereocenters. The summed E-state index contributed by atoms with van der Waals surface area (Å²) < 4.78 is 14.7. The number of thiazole rings is 1. The molecule has 0 unspecified atom stereocenters. The van der Waals surface area contributed by atoms with E-state index in [0.29, 0.717) is 43.4 Å². The number of amides is 4. The van der Waals surface area contributed by atoms with Crippen molar-refractivity contribution in [3.05, 3.63) is 76.0 Å². The molecule has 3 aromatic rings. The Morgan fingerprint density at radius 2 is 1.74 bits per heavy atom. The van der Waals surface area contributed by atoms with E-state index >= 15 is 0 Å². The van der Waals surface area contributed by atoms with Crippen molar-refractivity contribution in [1.82, 2.24) is 20.1 Å². The number of aryl methyl sites for hydroxylation is 1. The first-order chi connectivity index (χ1) is 18.5. The maximum Gasteiger partial charge on any atom is 0.325 e. The third kappa shape index (κ3) is 7.84. The fraction of sp³-hybridized carbons (Fsp3) is 0.357. The van der Waals surface area contributed by atoms with Gasteiger partial charge in [0.25, 0.3) is 11.8 Å². The summed E-state index contributed by atoms with van der Waals surface area (Å²) in [6.45, 7) is 10.6. The predicted molar refractivity (Wildman–Crippen MR) is 151 cm³/mol. The smallest absolute Gasteiger partial charge is 0.325 e. The molecule has 39 heavy (non-hydrogen) atoms. The maximum absolute atomic E-state index is 14.7. The second-order valence-corrected chi connectivity index (χ2v) is 11.4. The highest BCUT2D eigenvalue weighted by atomic mass is 32.1. The van der Waals surface area contributed by atoms with Crippen molar-refractivity contribution in [3.63, 3.8) is 0 Å². The fourth-order valence-corrected chi connectivity index (χ4v) is 4.87. The Balaban J connectivity index is 1.29. The van der Waals surface area contributed by atoms with Gasteiger partial charge >= 0.3 is 6.03 Å². The summed E-state index contributed by atoms with van der Waals surface area (Å²) in [6, 6.07) is 11.0. The third-order valence-corrected chi connectivity index (χ3v) is 6.92. The molecule has 2 aromatic carbocycles. The zero-order valence-corrected chi connectivity index (χ0v) is 23.3. The Kier molecular flexibility index (Phi) is 8.61. The third-order valence-electron chi connectivity index (χ3n) is 6.05. The molecule has 3 N–H and O–H groups in total. The SMILES string of the molecule is Cc1csc(NC(=O)Nc2ccc(C(=O)N3CCN(Cc4cccc(C(=O)NC(C)(C)C)c4)CC3)cc2F)n1. The van der Waals surface area contributed by atoms with Gasteiger partial charge in [0, 0.05) is 54.8 Å². The summed E-state index contributed by atoms with van der Waals surface area (Å²) in [5, 5.41) is 10.2. The minimum atomic E-state index is -0.694. The van der Waals surface area contributed by atoms with Crippen molar-refractivity contribution < 1.29 is 18.8 Å². The van der Waals surface area contributed by atoms with Gasteiger partial charge in [-0.2, -0.15) is 0 Å². The molecule has 1 fully saturated rings. The number of rotatable bonds is 6. The summed E-state index contributed by atoms with van der Waals surface area (Å²) in [5.74, 6) is -1.06. The second-order valence-electron chi connectivity index (χ2n) is 10.5. The fourth-order valence-electron chi connectivity index (χ4n) is 4.19. The molecule has 206 valence electrons. The number of hydrogen-bond donors (Lipinski definition) is 3. The molecule has 4 rings (SSSR count). The van der Waals surface area contributed by atoms with Crippen LogP contribution in [-0.2, 0) is 6.54 Å². The molecule has 0 spiro atoms. The Morgan fingerprint density at radius 3 is 2.38 bits per heavy atom. The summed E-state index contributed by atoms with van der Waals surface area (Å²) in [7, 11) is 0. The Bertz CT molecular complexity index is 1360. The minimum absolute atomic E-state index is 0.0273. The van der Waals surface area contributed by atoms with Crippen LogP contribution in [0.3, 0.4) is 0 Å². The van der Waals surface area contributed by atoms with Crippen LogP contribution in [0.25, 0.3) is 0 Å². The van der Waals surface area contributed by atoms with E-state index in [0.717, 1.165) is 17.3 Å². The minimum Gasteiger partial charge on any atom is -0.347 e. The van der Waals surface area contributed by atoms with Crippen LogP contribution >= 0.6 is 11.3 Å². The monoisotopic (exact) mass is 552 g/mol. The van der Waals surface area contributed by atoms with E-state index < -0.39 is 11.8 Å². The van der Waals surface area contributed by atoms with Gasteiger partial charge in [0.2, 0.25) is 0 Å². The lowest BCUT2D eigenvalue weighted by molar-refractivity contribution is 0.0627. The van der Waals surface area contributed by atoms with E-state index in [1.165, 1.54) is 23.5 Å². The van der Waals surface area contributed by atoms with Gasteiger partial charge < -0.3 is 15.5 Å². The highest BCUT2D eigenvalue weighted by molar-refractivity contribution is 7.13. The van der Waals surface area contributed by atoms with Crippen molar-refractivity contribution >= 4 is 40.0 Å². The van der Waals surface area contributed by atoms with E-state index in [4.69, 9.17) is 0 Å². The average Bonchev–Trinajstić information content (AvgIpc) is 3.28. The molecule has 2 heterocycles. The number of nitrogens with one attached hydrogen (secondary N) is 3. The number of carbonyl (C=O) groups excluding carboxylic acids is 3. The molecule has 9 nitrogen and oxygen atoms in total. The van der Waals surface area contributed by atoms with Gasteiger partial charge in [0.05, 0.1) is 11.4 Å². The molecule has 4 amide bonds. The van der Waals surface area contributed by atoms with Crippen molar-refractivity contribution in [1.29, 1.82) is 0 Å². The first kappa shape index (κ1) is 28.2. The van der Waals surface area contributed by atoms with Crippen molar-refractivity contribution in [2.45, 2.75) is 39.8 Å². The number of hydrogen-bond acceptors (Lipinski definition) is 6. The summed E-state index contributed by atoms with van der Waals surface area (Å²) in [4.78, 5) is 45.7. The second kappa shape index (κ2) is 11.9. The van der Waals surface area contributed by atoms with Crippen LogP contribution in [0.2, 0.25) is 0 Å². The zero-order chi connectivity index (χ0) is 28.2. The van der Waals surface area contributed by atoms with Gasteiger partial charge in [0.15, 0.2) is 5.13 Å². The van der Waals surface area contributed by atoms with E-state index in [1.807, 2.05) is 45.9 Å². The van der Waals surface area contributed by atoms with E-state index in [2.05, 4.69) is 25.8 Å². The Morgan fingerprint density at radius 1 is 1.00 bits per heavy atom. The molecule has 0 radical (unpaired) electrons. The van der Waals surface area contributed by atoms with Crippen LogP contribution in [0.4, 0.5) is 20.0 Å². The van der Waals surface area contributed by atoms with Crippen LogP contribution in [0.1, 0.15) is 52.7 Å². The van der Waals surface area contributed by atoms with Crippen LogP contribution in [0.15, 0.2) is 47.8 Å². The molecule has 1 aromatic heterocycles. The predicted octanol–water partition coefficient (Wildman–Crippen LogP) is 4.72. The summed E-state index contributed by atoms with van der Waals surface area (Å²) >= 11 is 1.27. The number of nitrogens with zero attached hydrogens (tertiary/aromatic N) is 3. The Labute approximate surface area is 231 Å². The number of aromatic nitrogens is 1. The van der Waals surface area contributed by atoms with Crippen LogP contribution in [-0.4, -0.2) is 64.3 Å². The molecule has 0 bridgehead atoms. The number of carbonyl (C=O) groups is 3. The Hall–Kier alpha value is -3.83. The van der Waals surface area contributed by atoms with Crippen molar-refractivity contribution in [3.8, 4) is 0 Å². The van der Waals surface area contributed by atoms with Gasteiger partial charge in [0.1, 0.15) is 5.82 Å². The largest absolute Gasteiger partial charge is 0.347 e. The van der Waals surface area contributed by atoms with E-state index in [9.17, 15) is 18.8 Å². The standard InChI is InChI=1S/C28H33FN6O3S/c1-18-17-39-27(30-18)32-26(38)31-23-9-8-21(15-22(23)29)25(37)35-12-10-34(11-13-35)16-19-6-5-7-20(14-19)24(36)33-28(2,3)4/h5-9,14-15,17H,10-13,16H2,1-4H3,(H,33,36)(H2,30,31,32,38). The van der Waals surface area contributed by atoms with Crippen LogP contribution in [0.5, 0.6) is 0 Å². The number of piperazine rings is 1. The van der Waals surface area contributed by atoms with Crippen LogP contribution in [0, 0.1) is 12.7 Å². The average molecular weight is 553 g/mol. The number of urea groups is 1. The lowest BCUT2D eigenvalue weighted by atomic mass is 10.1. The number of halogens is 1. The topological polar surface area (TPSA) is 107 Å². The number of anilines is 2. The summed E-state index contributed by atoms with van der Waals surface area (Å²) in [5.41, 5.74) is 2.30. The van der Waals surface area contributed by atoms with Gasteiger partial charge in [-0.1, -0.05) is 12.1 Å². The highest BCUT2D eigenvalue weighted by Gasteiger charge is 2.24. The maximum atomic E-state index is 14.7. The molecule has 1 aliphatic rings. The van der Waals surface area contributed by atoms with Gasteiger partial charge in [-0.05, 0) is 63.6 Å². The van der Waals surface area contributed by atoms with Gasteiger partial charge in [-0.15, -0.1) is 11.3 Å². The molecule has 1 saturated heterocycles. The van der Waals surface area contributed by atoms with Crippen molar-refractivity contribution in [2.75, 3.05) is 36.8 Å². The molecular weight excluding hydrogens is 519 g/mol. The van der Waals surface area contributed by atoms with Gasteiger partial charge in [-0.3, -0.25) is 19.8 Å². The number of benzene rings is 2. The van der Waals surface area contributed by atoms with Gasteiger partial charge in [-0.25, -0.2) is 14.2 Å². The van der Waals surface area contributed by atoms with E-state index in [1.54, 1.807) is 16.3 Å². The summed E-state index contributed by atoms with van der Waals surface area (Å²) in [6.07, 6.45) is 0. The lowest BCUT2D eigenvalue weighted by Crippen LogP contribution is -2.48. The molecule has 11 heteroatoms. The molecule has 0 saturated carbocycles. The first-order valence-corrected chi connectivity index (χ1v) is 13.6. The van der Waals surface area contributed by atoms with E-state index in [-0.39, 0.29) is 28.6 Å². The first-order valence-electron chi connectivity index (χ1n) is 12.7. The zero-order valence-electron chi connectivity index (χ0n) is 22.5. The van der Waals surface area contributed by atoms with Crippen LogP contribution < -0.4 is 16.0 Å². The quantitative estimate of drug-likeness (QED) is 0.410. The molecule has 0 aliphatic carbocycles. The lowest BCUT2D eigenvalue weighted by Gasteiger charge is -2.35. The van der Waals surface area contributed by atoms with Crippen molar-refractivity contribution in [2.24, 2.45) is 0 Å². The molecule has 1 aliphatic heterocycles.